The van der Waals surface area contributed by atoms with Gasteiger partial charge < -0.3 is 19.9 Å². The molecule has 0 bridgehead atoms. The van der Waals surface area contributed by atoms with Gasteiger partial charge in [-0.2, -0.15) is 5.26 Å². The zero-order valence-electron chi connectivity index (χ0n) is 13.9. The summed E-state index contributed by atoms with van der Waals surface area (Å²) in [6.45, 7) is 3.20. The van der Waals surface area contributed by atoms with E-state index < -0.39 is 17.7 Å². The van der Waals surface area contributed by atoms with Crippen molar-refractivity contribution in [3.8, 4) is 11.8 Å². The first-order valence-corrected chi connectivity index (χ1v) is 7.72. The number of methoxy groups -OCH3 is 1. The summed E-state index contributed by atoms with van der Waals surface area (Å²) in [6, 6.07) is 4.35. The van der Waals surface area contributed by atoms with Crippen LogP contribution in [0.3, 0.4) is 0 Å². The number of hydrogen-bond donors (Lipinski definition) is 1. The first-order chi connectivity index (χ1) is 11.9. The Morgan fingerprint density at radius 3 is 2.76 bits per heavy atom. The van der Waals surface area contributed by atoms with Crippen LogP contribution >= 0.6 is 11.6 Å². The highest BCUT2D eigenvalue weighted by atomic mass is 35.5. The molecule has 1 heterocycles. The third kappa shape index (κ3) is 3.26. The monoisotopic (exact) mass is 366 g/mol. The van der Waals surface area contributed by atoms with E-state index >= 15 is 0 Å². The van der Waals surface area contributed by atoms with Crippen LogP contribution in [0.15, 0.2) is 34.9 Å². The number of nitrogens with two attached hydrogens (primary N) is 1. The molecule has 0 aromatic heterocycles. The molecule has 132 valence electrons. The van der Waals surface area contributed by atoms with Gasteiger partial charge in [-0.05, 0) is 26.0 Å². The minimum Gasteiger partial charge on any atom is -0.495 e. The van der Waals surface area contributed by atoms with Gasteiger partial charge in [0, 0.05) is 5.56 Å². The summed E-state index contributed by atoms with van der Waals surface area (Å²) >= 11 is 6.26. The van der Waals surface area contributed by atoms with E-state index in [0.29, 0.717) is 0 Å². The van der Waals surface area contributed by atoms with Crippen molar-refractivity contribution < 1.29 is 23.4 Å². The second-order valence-corrected chi connectivity index (χ2v) is 5.47. The summed E-state index contributed by atoms with van der Waals surface area (Å²) in [4.78, 5) is 12.4. The van der Waals surface area contributed by atoms with E-state index in [1.165, 1.54) is 20.1 Å². The Labute approximate surface area is 149 Å². The number of ether oxygens (including phenoxy) is 3. The maximum Gasteiger partial charge on any atom is 0.338 e. The number of nitrogens with zero attached hydrogens (tertiary/aromatic N) is 1. The van der Waals surface area contributed by atoms with Gasteiger partial charge >= 0.3 is 5.97 Å². The van der Waals surface area contributed by atoms with Crippen molar-refractivity contribution in [3.63, 3.8) is 0 Å². The third-order valence-corrected chi connectivity index (χ3v) is 4.09. The molecule has 1 aromatic rings. The van der Waals surface area contributed by atoms with Gasteiger partial charge in [0.05, 0.1) is 30.2 Å². The number of benzene rings is 1. The summed E-state index contributed by atoms with van der Waals surface area (Å²) < 4.78 is 30.0. The highest BCUT2D eigenvalue weighted by Gasteiger charge is 2.39. The van der Waals surface area contributed by atoms with E-state index in [9.17, 15) is 14.4 Å². The Bertz CT molecular complexity index is 827. The molecular weight excluding hydrogens is 351 g/mol. The second-order valence-electron chi connectivity index (χ2n) is 5.09. The molecule has 6 nitrogen and oxygen atoms in total. The first-order valence-electron chi connectivity index (χ1n) is 7.34. The Morgan fingerprint density at radius 2 is 2.20 bits per heavy atom. The Kier molecular flexibility index (Phi) is 5.55. The minimum atomic E-state index is -1.17. The van der Waals surface area contributed by atoms with Gasteiger partial charge in [0.1, 0.15) is 29.0 Å². The smallest absolute Gasteiger partial charge is 0.338 e. The maximum atomic E-state index is 14.6. The van der Waals surface area contributed by atoms with Crippen molar-refractivity contribution in [2.45, 2.75) is 19.8 Å². The molecule has 0 fully saturated rings. The van der Waals surface area contributed by atoms with Gasteiger partial charge in [-0.25, -0.2) is 9.18 Å². The van der Waals surface area contributed by atoms with Crippen LogP contribution < -0.4 is 10.5 Å². The van der Waals surface area contributed by atoms with E-state index in [4.69, 9.17) is 31.5 Å². The van der Waals surface area contributed by atoms with Crippen molar-refractivity contribution >= 4 is 17.6 Å². The Morgan fingerprint density at radius 1 is 1.52 bits per heavy atom. The predicted molar refractivity (Wildman–Crippen MR) is 87.9 cm³/mol. The van der Waals surface area contributed by atoms with E-state index in [2.05, 4.69) is 0 Å². The summed E-state index contributed by atoms with van der Waals surface area (Å²) in [6.07, 6.45) is 0. The average Bonchev–Trinajstić information content (AvgIpc) is 2.55. The molecule has 1 aromatic carbocycles. The standard InChI is InChI=1S/C17H16ClFN2O4/c1-4-24-17(22)12-8(2)25-16(21)9(7-20)13(12)14-10(19)5-6-11(23-3)15(14)18/h5-6,13H,4,21H2,1-3H3. The normalized spacial score (nSPS) is 17.0. The molecule has 25 heavy (non-hydrogen) atoms. The zero-order chi connectivity index (χ0) is 18.7. The van der Waals surface area contributed by atoms with E-state index in [-0.39, 0.29) is 45.7 Å². The lowest BCUT2D eigenvalue weighted by Crippen LogP contribution is -2.26. The molecule has 1 aliphatic rings. The molecule has 2 rings (SSSR count). The molecule has 0 aliphatic carbocycles. The third-order valence-electron chi connectivity index (χ3n) is 3.70. The lowest BCUT2D eigenvalue weighted by Gasteiger charge is -2.28. The predicted octanol–water partition coefficient (Wildman–Crippen LogP) is 3.13. The number of allylic oxidation sites excluding steroid dienone is 2. The van der Waals surface area contributed by atoms with E-state index in [1.54, 1.807) is 6.92 Å². The first kappa shape index (κ1) is 18.6. The zero-order valence-corrected chi connectivity index (χ0v) is 14.6. The number of carbonyl (C=O) groups excluding carboxylic acids is 1. The van der Waals surface area contributed by atoms with Crippen LogP contribution in [0.2, 0.25) is 5.02 Å². The lowest BCUT2D eigenvalue weighted by atomic mass is 9.82. The van der Waals surface area contributed by atoms with E-state index in [0.717, 1.165) is 6.07 Å². The lowest BCUT2D eigenvalue weighted by molar-refractivity contribution is -0.139. The van der Waals surface area contributed by atoms with Crippen LogP contribution in [0.4, 0.5) is 4.39 Å². The molecule has 8 heteroatoms. The molecule has 1 atom stereocenters. The summed E-state index contributed by atoms with van der Waals surface area (Å²) in [5, 5.41) is 9.41. The van der Waals surface area contributed by atoms with Crippen LogP contribution in [0.5, 0.6) is 5.75 Å². The van der Waals surface area contributed by atoms with Crippen LogP contribution in [0.1, 0.15) is 25.3 Å². The van der Waals surface area contributed by atoms with Crippen LogP contribution in [0.25, 0.3) is 0 Å². The van der Waals surface area contributed by atoms with Gasteiger partial charge in [-0.15, -0.1) is 0 Å². The van der Waals surface area contributed by atoms with Gasteiger partial charge in [0.15, 0.2) is 0 Å². The molecule has 1 aliphatic heterocycles. The highest BCUT2D eigenvalue weighted by Crippen LogP contribution is 2.45. The topological polar surface area (TPSA) is 94.6 Å². The Hall–Kier alpha value is -2.72. The number of nitriles is 1. The molecule has 0 radical (unpaired) electrons. The molecule has 1 unspecified atom stereocenters. The van der Waals surface area contributed by atoms with Crippen molar-refractivity contribution in [3.05, 3.63) is 51.3 Å². The second kappa shape index (κ2) is 7.45. The number of hydrogen-bond acceptors (Lipinski definition) is 6. The molecule has 0 spiro atoms. The molecule has 0 saturated heterocycles. The number of rotatable bonds is 4. The van der Waals surface area contributed by atoms with Crippen molar-refractivity contribution in [1.82, 2.24) is 0 Å². The number of esters is 1. The number of halogens is 2. The highest BCUT2D eigenvalue weighted by molar-refractivity contribution is 6.33. The van der Waals surface area contributed by atoms with Gasteiger partial charge in [0.25, 0.3) is 0 Å². The van der Waals surface area contributed by atoms with Crippen molar-refractivity contribution in [2.75, 3.05) is 13.7 Å². The van der Waals surface area contributed by atoms with E-state index in [1.807, 2.05) is 6.07 Å². The quantitative estimate of drug-likeness (QED) is 0.822. The average molecular weight is 367 g/mol. The minimum absolute atomic E-state index is 0.0401. The largest absolute Gasteiger partial charge is 0.495 e. The summed E-state index contributed by atoms with van der Waals surface area (Å²) in [5.41, 5.74) is 5.48. The molecule has 0 amide bonds. The molecule has 0 saturated carbocycles. The summed E-state index contributed by atoms with van der Waals surface area (Å²) in [7, 11) is 1.37. The number of carbonyl (C=O) groups is 1. The SMILES string of the molecule is CCOC(=O)C1=C(C)OC(N)=C(C#N)C1c1c(F)ccc(OC)c1Cl. The molecular formula is C17H16ClFN2O4. The fourth-order valence-electron chi connectivity index (χ4n) is 2.62. The fourth-order valence-corrected chi connectivity index (χ4v) is 2.95. The Balaban J connectivity index is 2.78. The van der Waals surface area contributed by atoms with Crippen LogP contribution in [-0.2, 0) is 14.3 Å². The van der Waals surface area contributed by atoms with Crippen molar-refractivity contribution in [2.24, 2.45) is 5.73 Å². The van der Waals surface area contributed by atoms with Crippen LogP contribution in [-0.4, -0.2) is 19.7 Å². The van der Waals surface area contributed by atoms with Gasteiger partial charge in [0.2, 0.25) is 5.88 Å². The summed E-state index contributed by atoms with van der Waals surface area (Å²) in [5.74, 6) is -2.55. The fraction of sp³-hybridized carbons (Fsp3) is 0.294. The van der Waals surface area contributed by atoms with Gasteiger partial charge in [-0.1, -0.05) is 11.6 Å². The van der Waals surface area contributed by atoms with Gasteiger partial charge in [-0.3, -0.25) is 0 Å². The molecule has 2 N–H and O–H groups in total. The van der Waals surface area contributed by atoms with Crippen molar-refractivity contribution in [1.29, 1.82) is 5.26 Å². The van der Waals surface area contributed by atoms with Crippen LogP contribution in [0, 0.1) is 17.1 Å². The maximum absolute atomic E-state index is 14.6.